The van der Waals surface area contributed by atoms with E-state index in [1.54, 1.807) is 18.9 Å². The van der Waals surface area contributed by atoms with Gasteiger partial charge in [0.1, 0.15) is 5.76 Å². The molecule has 1 amide bonds. The summed E-state index contributed by atoms with van der Waals surface area (Å²) in [6, 6.07) is 9.44. The Kier molecular flexibility index (Phi) is 2.95. The third-order valence-electron chi connectivity index (χ3n) is 2.81. The van der Waals surface area contributed by atoms with Gasteiger partial charge in [0.05, 0.1) is 0 Å². The maximum atomic E-state index is 12.2. The van der Waals surface area contributed by atoms with Crippen molar-refractivity contribution >= 4 is 11.6 Å². The van der Waals surface area contributed by atoms with Crippen LogP contribution in [0, 0.1) is 13.8 Å². The summed E-state index contributed by atoms with van der Waals surface area (Å²) < 4.78 is 5.00. The fraction of sp³-hybridized carbons (Fsp3) is 0.231. The van der Waals surface area contributed by atoms with Crippen molar-refractivity contribution in [1.82, 2.24) is 5.16 Å². The smallest absolute Gasteiger partial charge is 0.280 e. The van der Waals surface area contributed by atoms with E-state index in [-0.39, 0.29) is 5.91 Å². The summed E-state index contributed by atoms with van der Waals surface area (Å²) in [7, 11) is 1.72. The van der Waals surface area contributed by atoms with Gasteiger partial charge >= 0.3 is 0 Å². The zero-order valence-corrected chi connectivity index (χ0v) is 10.1. The molecular weight excluding hydrogens is 216 g/mol. The molecule has 0 atom stereocenters. The Morgan fingerprint density at radius 3 is 2.41 bits per heavy atom. The van der Waals surface area contributed by atoms with Gasteiger partial charge in [-0.3, -0.25) is 4.79 Å². The fourth-order valence-electron chi connectivity index (χ4n) is 1.54. The number of hydrogen-bond donors (Lipinski definition) is 0. The minimum Gasteiger partial charge on any atom is -0.361 e. The number of hydrogen-bond acceptors (Lipinski definition) is 3. The highest BCUT2D eigenvalue weighted by atomic mass is 16.5. The molecule has 0 saturated carbocycles. The van der Waals surface area contributed by atoms with E-state index < -0.39 is 0 Å². The lowest BCUT2D eigenvalue weighted by molar-refractivity contribution is 0.0984. The van der Waals surface area contributed by atoms with Crippen LogP contribution in [0.15, 0.2) is 34.9 Å². The second-order valence-electron chi connectivity index (χ2n) is 3.91. The number of carbonyl (C=O) groups excluding carboxylic acids is 1. The van der Waals surface area contributed by atoms with Gasteiger partial charge < -0.3 is 9.42 Å². The first-order valence-electron chi connectivity index (χ1n) is 5.37. The van der Waals surface area contributed by atoms with Gasteiger partial charge in [0.2, 0.25) is 0 Å². The average Bonchev–Trinajstić information content (AvgIpc) is 2.69. The van der Waals surface area contributed by atoms with Crippen molar-refractivity contribution < 1.29 is 9.32 Å². The van der Waals surface area contributed by atoms with Crippen molar-refractivity contribution in [2.75, 3.05) is 11.9 Å². The van der Waals surface area contributed by atoms with Crippen LogP contribution in [0.1, 0.15) is 21.8 Å². The maximum absolute atomic E-state index is 12.2. The summed E-state index contributed by atoms with van der Waals surface area (Å²) >= 11 is 0. The van der Waals surface area contributed by atoms with E-state index in [0.29, 0.717) is 11.5 Å². The fourth-order valence-corrected chi connectivity index (χ4v) is 1.54. The maximum Gasteiger partial charge on any atom is 0.280 e. The van der Waals surface area contributed by atoms with Crippen molar-refractivity contribution in [3.63, 3.8) is 0 Å². The first-order chi connectivity index (χ1) is 8.11. The molecule has 4 nitrogen and oxygen atoms in total. The van der Waals surface area contributed by atoms with Gasteiger partial charge in [0.15, 0.2) is 5.69 Å². The molecule has 0 aliphatic heterocycles. The van der Waals surface area contributed by atoms with Gasteiger partial charge in [-0.25, -0.2) is 0 Å². The molecule has 0 unspecified atom stereocenters. The predicted molar refractivity (Wildman–Crippen MR) is 65.2 cm³/mol. The van der Waals surface area contributed by atoms with Crippen molar-refractivity contribution in [2.24, 2.45) is 0 Å². The zero-order valence-electron chi connectivity index (χ0n) is 10.1. The second kappa shape index (κ2) is 4.41. The number of para-hydroxylation sites is 1. The molecule has 4 heteroatoms. The Bertz CT molecular complexity index is 532. The Morgan fingerprint density at radius 1 is 1.24 bits per heavy atom. The van der Waals surface area contributed by atoms with Gasteiger partial charge in [-0.05, 0) is 26.0 Å². The SMILES string of the molecule is Cc1onc(C(=O)N(C)c2ccccc2)c1C. The highest BCUT2D eigenvalue weighted by Crippen LogP contribution is 2.17. The van der Waals surface area contributed by atoms with E-state index in [2.05, 4.69) is 5.16 Å². The van der Waals surface area contributed by atoms with Gasteiger partial charge in [-0.2, -0.15) is 0 Å². The highest BCUT2D eigenvalue weighted by Gasteiger charge is 2.20. The van der Waals surface area contributed by atoms with Gasteiger partial charge in [0.25, 0.3) is 5.91 Å². The summed E-state index contributed by atoms with van der Waals surface area (Å²) in [5.41, 5.74) is 1.99. The van der Waals surface area contributed by atoms with E-state index in [1.807, 2.05) is 37.3 Å². The number of carbonyl (C=O) groups is 1. The Hall–Kier alpha value is -2.10. The van der Waals surface area contributed by atoms with Crippen molar-refractivity contribution in [3.8, 4) is 0 Å². The Morgan fingerprint density at radius 2 is 1.88 bits per heavy atom. The minimum absolute atomic E-state index is 0.162. The lowest BCUT2D eigenvalue weighted by Gasteiger charge is -2.15. The number of anilines is 1. The normalized spacial score (nSPS) is 10.3. The van der Waals surface area contributed by atoms with E-state index in [4.69, 9.17) is 4.52 Å². The number of amides is 1. The zero-order chi connectivity index (χ0) is 12.4. The monoisotopic (exact) mass is 230 g/mol. The van der Waals surface area contributed by atoms with Crippen LogP contribution in [0.5, 0.6) is 0 Å². The first-order valence-corrected chi connectivity index (χ1v) is 5.37. The van der Waals surface area contributed by atoms with Crippen molar-refractivity contribution in [2.45, 2.75) is 13.8 Å². The van der Waals surface area contributed by atoms with Crippen LogP contribution >= 0.6 is 0 Å². The van der Waals surface area contributed by atoms with E-state index in [1.165, 1.54) is 0 Å². The van der Waals surface area contributed by atoms with Gasteiger partial charge in [-0.1, -0.05) is 23.4 Å². The Labute approximate surface area is 99.8 Å². The summed E-state index contributed by atoms with van der Waals surface area (Å²) in [5, 5.41) is 3.80. The summed E-state index contributed by atoms with van der Waals surface area (Å²) in [6.07, 6.45) is 0. The molecule has 0 aliphatic rings. The van der Waals surface area contributed by atoms with Crippen LogP contribution in [0.2, 0.25) is 0 Å². The number of aryl methyl sites for hydroxylation is 1. The second-order valence-corrected chi connectivity index (χ2v) is 3.91. The first kappa shape index (κ1) is 11.4. The van der Waals surface area contributed by atoms with Crippen molar-refractivity contribution in [3.05, 3.63) is 47.3 Å². The third kappa shape index (κ3) is 2.06. The molecule has 0 fully saturated rings. The van der Waals surface area contributed by atoms with Crippen LogP contribution in [-0.4, -0.2) is 18.1 Å². The number of rotatable bonds is 2. The molecule has 0 radical (unpaired) electrons. The standard InChI is InChI=1S/C13H14N2O2/c1-9-10(2)17-14-12(9)13(16)15(3)11-7-5-4-6-8-11/h4-8H,1-3H3. The lowest BCUT2D eigenvalue weighted by Crippen LogP contribution is -2.27. The minimum atomic E-state index is -0.162. The van der Waals surface area contributed by atoms with Gasteiger partial charge in [-0.15, -0.1) is 0 Å². The molecule has 0 bridgehead atoms. The quantitative estimate of drug-likeness (QED) is 0.796. The summed E-state index contributed by atoms with van der Waals surface area (Å²) in [5.74, 6) is 0.514. The molecule has 2 aromatic rings. The molecule has 1 aromatic heterocycles. The van der Waals surface area contributed by atoms with Gasteiger partial charge in [0, 0.05) is 18.3 Å². The van der Waals surface area contributed by atoms with E-state index in [9.17, 15) is 4.79 Å². The molecule has 0 aliphatic carbocycles. The van der Waals surface area contributed by atoms with Crippen LogP contribution in [0.4, 0.5) is 5.69 Å². The lowest BCUT2D eigenvalue weighted by atomic mass is 10.2. The number of benzene rings is 1. The average molecular weight is 230 g/mol. The van der Waals surface area contributed by atoms with Crippen LogP contribution in [0.3, 0.4) is 0 Å². The molecule has 0 N–H and O–H groups in total. The Balaban J connectivity index is 2.30. The third-order valence-corrected chi connectivity index (χ3v) is 2.81. The molecular formula is C13H14N2O2. The molecule has 88 valence electrons. The predicted octanol–water partition coefficient (Wildman–Crippen LogP) is 2.57. The van der Waals surface area contributed by atoms with E-state index in [0.717, 1.165) is 11.3 Å². The summed E-state index contributed by atoms with van der Waals surface area (Å²) in [6.45, 7) is 3.62. The molecule has 0 saturated heterocycles. The van der Waals surface area contributed by atoms with Crippen LogP contribution in [0.25, 0.3) is 0 Å². The number of nitrogens with zero attached hydrogens (tertiary/aromatic N) is 2. The molecule has 0 spiro atoms. The van der Waals surface area contributed by atoms with Crippen LogP contribution in [-0.2, 0) is 0 Å². The molecule has 17 heavy (non-hydrogen) atoms. The molecule has 1 aromatic carbocycles. The molecule has 2 rings (SSSR count). The number of aromatic nitrogens is 1. The van der Waals surface area contributed by atoms with Crippen LogP contribution < -0.4 is 4.90 Å². The van der Waals surface area contributed by atoms with E-state index >= 15 is 0 Å². The summed E-state index contributed by atoms with van der Waals surface area (Å²) in [4.78, 5) is 13.7. The topological polar surface area (TPSA) is 46.3 Å². The highest BCUT2D eigenvalue weighted by molar-refractivity contribution is 6.05. The largest absolute Gasteiger partial charge is 0.361 e. The molecule has 1 heterocycles. The van der Waals surface area contributed by atoms with Crippen molar-refractivity contribution in [1.29, 1.82) is 0 Å².